The number of furan rings is 1. The molecule has 0 spiro atoms. The first-order valence-electron chi connectivity index (χ1n) is 6.33. The molecule has 1 aromatic carbocycles. The molecule has 0 amide bonds. The SMILES string of the molecule is CN1CCN(Cc2coc3c(O)cccc23)CC1. The molecule has 1 aromatic heterocycles. The van der Waals surface area contributed by atoms with Gasteiger partial charge in [-0.05, 0) is 13.1 Å². The Bertz CT molecular complexity index is 542. The van der Waals surface area contributed by atoms with Crippen molar-refractivity contribution in [2.45, 2.75) is 6.54 Å². The Morgan fingerprint density at radius 2 is 2.00 bits per heavy atom. The minimum Gasteiger partial charge on any atom is -0.504 e. The molecule has 1 saturated heterocycles. The molecule has 0 radical (unpaired) electrons. The van der Waals surface area contributed by atoms with E-state index < -0.39 is 0 Å². The Morgan fingerprint density at radius 1 is 1.22 bits per heavy atom. The highest BCUT2D eigenvalue weighted by Crippen LogP contribution is 2.29. The van der Waals surface area contributed by atoms with Gasteiger partial charge in [0.05, 0.1) is 6.26 Å². The van der Waals surface area contributed by atoms with Crippen LogP contribution in [0.25, 0.3) is 11.0 Å². The van der Waals surface area contributed by atoms with Crippen LogP contribution in [0.15, 0.2) is 28.9 Å². The van der Waals surface area contributed by atoms with Crippen LogP contribution in [-0.2, 0) is 6.54 Å². The van der Waals surface area contributed by atoms with Gasteiger partial charge in [-0.2, -0.15) is 0 Å². The van der Waals surface area contributed by atoms with Crippen molar-refractivity contribution in [1.82, 2.24) is 9.80 Å². The van der Waals surface area contributed by atoms with E-state index in [1.165, 1.54) is 0 Å². The number of likely N-dealkylation sites (N-methyl/N-ethyl adjacent to an activating group) is 1. The molecule has 1 aliphatic heterocycles. The van der Waals surface area contributed by atoms with Gasteiger partial charge in [0.2, 0.25) is 0 Å². The summed E-state index contributed by atoms with van der Waals surface area (Å²) in [6.45, 7) is 5.29. The molecule has 0 aliphatic carbocycles. The van der Waals surface area contributed by atoms with Gasteiger partial charge < -0.3 is 14.4 Å². The van der Waals surface area contributed by atoms with Crippen molar-refractivity contribution < 1.29 is 9.52 Å². The third-order valence-corrected chi connectivity index (χ3v) is 3.65. The summed E-state index contributed by atoms with van der Waals surface area (Å²) in [4.78, 5) is 4.77. The van der Waals surface area contributed by atoms with E-state index in [-0.39, 0.29) is 5.75 Å². The van der Waals surface area contributed by atoms with Crippen molar-refractivity contribution in [3.63, 3.8) is 0 Å². The van der Waals surface area contributed by atoms with Gasteiger partial charge in [-0.3, -0.25) is 4.90 Å². The predicted octanol–water partition coefficient (Wildman–Crippen LogP) is 1.89. The highest BCUT2D eigenvalue weighted by molar-refractivity contribution is 5.85. The van der Waals surface area contributed by atoms with E-state index in [2.05, 4.69) is 16.8 Å². The lowest BCUT2D eigenvalue weighted by molar-refractivity contribution is 0.148. The Hall–Kier alpha value is -1.52. The first kappa shape index (κ1) is 11.6. The van der Waals surface area contributed by atoms with Crippen LogP contribution >= 0.6 is 0 Å². The molecule has 4 heteroatoms. The smallest absolute Gasteiger partial charge is 0.175 e. The fourth-order valence-electron chi connectivity index (χ4n) is 2.46. The maximum Gasteiger partial charge on any atom is 0.175 e. The second kappa shape index (κ2) is 4.63. The maximum atomic E-state index is 9.71. The Labute approximate surface area is 106 Å². The summed E-state index contributed by atoms with van der Waals surface area (Å²) >= 11 is 0. The van der Waals surface area contributed by atoms with Gasteiger partial charge in [0.1, 0.15) is 0 Å². The molecule has 3 rings (SSSR count). The number of rotatable bonds is 2. The molecule has 0 saturated carbocycles. The number of benzene rings is 1. The average molecular weight is 246 g/mol. The zero-order valence-electron chi connectivity index (χ0n) is 10.6. The van der Waals surface area contributed by atoms with Crippen LogP contribution in [0.3, 0.4) is 0 Å². The summed E-state index contributed by atoms with van der Waals surface area (Å²) in [5.41, 5.74) is 1.76. The number of para-hydroxylation sites is 1. The van der Waals surface area contributed by atoms with Crippen molar-refractivity contribution in [1.29, 1.82) is 0 Å². The molecule has 1 N–H and O–H groups in total. The molecule has 0 atom stereocenters. The van der Waals surface area contributed by atoms with Crippen LogP contribution in [0.4, 0.5) is 0 Å². The molecule has 2 heterocycles. The monoisotopic (exact) mass is 246 g/mol. The first-order valence-corrected chi connectivity index (χ1v) is 6.33. The largest absolute Gasteiger partial charge is 0.504 e. The third-order valence-electron chi connectivity index (χ3n) is 3.65. The molecular weight excluding hydrogens is 228 g/mol. The van der Waals surface area contributed by atoms with Crippen molar-refractivity contribution >= 4 is 11.0 Å². The molecule has 18 heavy (non-hydrogen) atoms. The van der Waals surface area contributed by atoms with E-state index in [0.29, 0.717) is 5.58 Å². The topological polar surface area (TPSA) is 39.9 Å². The first-order chi connectivity index (χ1) is 8.74. The van der Waals surface area contributed by atoms with Crippen molar-refractivity contribution in [2.24, 2.45) is 0 Å². The Balaban J connectivity index is 1.81. The summed E-state index contributed by atoms with van der Waals surface area (Å²) in [5, 5.41) is 10.7. The zero-order valence-corrected chi connectivity index (χ0v) is 10.6. The normalized spacial score (nSPS) is 18.5. The number of phenolic OH excluding ortho intramolecular Hbond substituents is 1. The minimum atomic E-state index is 0.220. The molecule has 1 fully saturated rings. The van der Waals surface area contributed by atoms with Crippen molar-refractivity contribution in [2.75, 3.05) is 33.2 Å². The maximum absolute atomic E-state index is 9.71. The molecule has 96 valence electrons. The molecule has 2 aromatic rings. The molecule has 4 nitrogen and oxygen atoms in total. The van der Waals surface area contributed by atoms with Crippen LogP contribution in [-0.4, -0.2) is 48.1 Å². The van der Waals surface area contributed by atoms with E-state index in [1.54, 1.807) is 12.3 Å². The van der Waals surface area contributed by atoms with Crippen LogP contribution in [0.5, 0.6) is 5.75 Å². The fourth-order valence-corrected chi connectivity index (χ4v) is 2.46. The molecule has 1 aliphatic rings. The van der Waals surface area contributed by atoms with Gasteiger partial charge in [0, 0.05) is 43.7 Å². The fraction of sp³-hybridized carbons (Fsp3) is 0.429. The number of piperazine rings is 1. The van der Waals surface area contributed by atoms with Gasteiger partial charge in [-0.15, -0.1) is 0 Å². The minimum absolute atomic E-state index is 0.220. The number of phenols is 1. The van der Waals surface area contributed by atoms with Gasteiger partial charge in [-0.1, -0.05) is 12.1 Å². The van der Waals surface area contributed by atoms with E-state index in [9.17, 15) is 5.11 Å². The van der Waals surface area contributed by atoms with E-state index >= 15 is 0 Å². The summed E-state index contributed by atoms with van der Waals surface area (Å²) in [7, 11) is 2.16. The summed E-state index contributed by atoms with van der Waals surface area (Å²) < 4.78 is 5.46. The second-order valence-electron chi connectivity index (χ2n) is 4.99. The number of hydrogen-bond donors (Lipinski definition) is 1. The van der Waals surface area contributed by atoms with Gasteiger partial charge >= 0.3 is 0 Å². The van der Waals surface area contributed by atoms with Gasteiger partial charge in [0.25, 0.3) is 0 Å². The summed E-state index contributed by atoms with van der Waals surface area (Å²) in [6, 6.07) is 5.52. The quantitative estimate of drug-likeness (QED) is 0.878. The molecular formula is C14H18N2O2. The van der Waals surface area contributed by atoms with Crippen molar-refractivity contribution in [3.05, 3.63) is 30.0 Å². The number of aromatic hydroxyl groups is 1. The van der Waals surface area contributed by atoms with E-state index in [0.717, 1.165) is 43.7 Å². The van der Waals surface area contributed by atoms with E-state index in [4.69, 9.17) is 4.42 Å². The van der Waals surface area contributed by atoms with Gasteiger partial charge in [0.15, 0.2) is 11.3 Å². The standard InChI is InChI=1S/C14H18N2O2/c1-15-5-7-16(8-6-15)9-11-10-18-14-12(11)3-2-4-13(14)17/h2-4,10,17H,5-9H2,1H3. The number of nitrogens with zero attached hydrogens (tertiary/aromatic N) is 2. The lowest BCUT2D eigenvalue weighted by Gasteiger charge is -2.32. The lowest BCUT2D eigenvalue weighted by atomic mass is 10.1. The third kappa shape index (κ3) is 2.09. The Kier molecular flexibility index (Phi) is 2.97. The van der Waals surface area contributed by atoms with Crippen LogP contribution in [0.1, 0.15) is 5.56 Å². The zero-order chi connectivity index (χ0) is 12.5. The molecule has 0 unspecified atom stereocenters. The Morgan fingerprint density at radius 3 is 2.78 bits per heavy atom. The lowest BCUT2D eigenvalue weighted by Crippen LogP contribution is -2.43. The number of fused-ring (bicyclic) bond motifs is 1. The summed E-state index contributed by atoms with van der Waals surface area (Å²) in [5.74, 6) is 0.220. The highest BCUT2D eigenvalue weighted by Gasteiger charge is 2.16. The van der Waals surface area contributed by atoms with E-state index in [1.807, 2.05) is 12.1 Å². The van der Waals surface area contributed by atoms with Crippen LogP contribution < -0.4 is 0 Å². The second-order valence-corrected chi connectivity index (χ2v) is 4.99. The number of hydrogen-bond acceptors (Lipinski definition) is 4. The van der Waals surface area contributed by atoms with Crippen LogP contribution in [0, 0.1) is 0 Å². The average Bonchev–Trinajstić information content (AvgIpc) is 2.77. The van der Waals surface area contributed by atoms with Crippen LogP contribution in [0.2, 0.25) is 0 Å². The molecule has 0 bridgehead atoms. The predicted molar refractivity (Wildman–Crippen MR) is 70.7 cm³/mol. The highest BCUT2D eigenvalue weighted by atomic mass is 16.3. The summed E-state index contributed by atoms with van der Waals surface area (Å²) in [6.07, 6.45) is 1.77. The van der Waals surface area contributed by atoms with Crippen molar-refractivity contribution in [3.8, 4) is 5.75 Å². The van der Waals surface area contributed by atoms with Gasteiger partial charge in [-0.25, -0.2) is 0 Å².